The second kappa shape index (κ2) is 7.77. The Morgan fingerprint density at radius 2 is 2.12 bits per heavy atom. The SMILES string of the molecule is Cl.Fc1cccc(C2CNCCN2Cc2cnc(C(F)(F)F)s2)c1. The molecule has 0 spiro atoms. The molecule has 0 saturated carbocycles. The van der Waals surface area contributed by atoms with Crippen molar-refractivity contribution in [2.24, 2.45) is 0 Å². The van der Waals surface area contributed by atoms with Crippen LogP contribution in [-0.2, 0) is 12.7 Å². The van der Waals surface area contributed by atoms with Gasteiger partial charge >= 0.3 is 6.18 Å². The zero-order valence-electron chi connectivity index (χ0n) is 12.5. The summed E-state index contributed by atoms with van der Waals surface area (Å²) in [4.78, 5) is 6.07. The molecule has 132 valence electrons. The summed E-state index contributed by atoms with van der Waals surface area (Å²) in [5.74, 6) is -0.315. The fourth-order valence-corrected chi connectivity index (χ4v) is 3.50. The van der Waals surface area contributed by atoms with E-state index in [2.05, 4.69) is 15.2 Å². The van der Waals surface area contributed by atoms with Crippen molar-refractivity contribution in [3.8, 4) is 0 Å². The molecule has 1 aliphatic rings. The van der Waals surface area contributed by atoms with E-state index in [1.54, 1.807) is 6.07 Å². The van der Waals surface area contributed by atoms with E-state index >= 15 is 0 Å². The molecule has 1 aliphatic heterocycles. The minimum Gasteiger partial charge on any atom is -0.314 e. The summed E-state index contributed by atoms with van der Waals surface area (Å²) in [6, 6.07) is 6.25. The van der Waals surface area contributed by atoms with Gasteiger partial charge < -0.3 is 5.32 Å². The average Bonchev–Trinajstić information content (AvgIpc) is 2.96. The lowest BCUT2D eigenvalue weighted by Gasteiger charge is -2.36. The molecule has 1 N–H and O–H groups in total. The Morgan fingerprint density at radius 1 is 1.33 bits per heavy atom. The van der Waals surface area contributed by atoms with Gasteiger partial charge in [0.2, 0.25) is 0 Å². The second-order valence-electron chi connectivity index (χ2n) is 5.37. The summed E-state index contributed by atoms with van der Waals surface area (Å²) in [5.41, 5.74) is 0.817. The molecular formula is C15H16ClF4N3S. The highest BCUT2D eigenvalue weighted by Gasteiger charge is 2.35. The normalized spacial score (nSPS) is 19.1. The van der Waals surface area contributed by atoms with E-state index < -0.39 is 11.2 Å². The molecular weight excluding hydrogens is 366 g/mol. The highest BCUT2D eigenvalue weighted by molar-refractivity contribution is 7.11. The number of aromatic nitrogens is 1. The highest BCUT2D eigenvalue weighted by Crippen LogP contribution is 2.34. The molecule has 0 amide bonds. The Labute approximate surface area is 147 Å². The van der Waals surface area contributed by atoms with Crippen molar-refractivity contribution >= 4 is 23.7 Å². The third-order valence-corrected chi connectivity index (χ3v) is 4.77. The van der Waals surface area contributed by atoms with Crippen molar-refractivity contribution in [2.75, 3.05) is 19.6 Å². The summed E-state index contributed by atoms with van der Waals surface area (Å²) >= 11 is 0.662. The maximum absolute atomic E-state index is 13.4. The summed E-state index contributed by atoms with van der Waals surface area (Å²) < 4.78 is 51.4. The van der Waals surface area contributed by atoms with E-state index in [1.807, 2.05) is 6.07 Å². The lowest BCUT2D eigenvalue weighted by atomic mass is 10.0. The predicted octanol–water partition coefficient (Wildman–Crippen LogP) is 3.87. The van der Waals surface area contributed by atoms with Crippen LogP contribution in [-0.4, -0.2) is 29.5 Å². The van der Waals surface area contributed by atoms with E-state index in [0.717, 1.165) is 12.1 Å². The van der Waals surface area contributed by atoms with Crippen LogP contribution in [0.25, 0.3) is 0 Å². The Bertz CT molecular complexity index is 677. The first-order valence-electron chi connectivity index (χ1n) is 7.15. The number of nitrogens with zero attached hydrogens (tertiary/aromatic N) is 2. The van der Waals surface area contributed by atoms with Gasteiger partial charge in [0.1, 0.15) is 5.82 Å². The number of hydrogen-bond acceptors (Lipinski definition) is 4. The molecule has 3 rings (SSSR count). The zero-order valence-corrected chi connectivity index (χ0v) is 14.1. The monoisotopic (exact) mass is 381 g/mol. The van der Waals surface area contributed by atoms with Gasteiger partial charge in [-0.25, -0.2) is 9.37 Å². The quantitative estimate of drug-likeness (QED) is 0.818. The largest absolute Gasteiger partial charge is 0.443 e. The van der Waals surface area contributed by atoms with Crippen LogP contribution in [0.2, 0.25) is 0 Å². The topological polar surface area (TPSA) is 28.2 Å². The van der Waals surface area contributed by atoms with Crippen LogP contribution >= 0.6 is 23.7 Å². The standard InChI is InChI=1S/C15H15F4N3S.ClH/c16-11-3-1-2-10(6-11)13-8-20-4-5-22(13)9-12-7-21-14(23-12)15(17,18)19;/h1-3,6-7,13,20H,4-5,8-9H2;1H. The molecule has 2 aromatic rings. The van der Waals surface area contributed by atoms with Crippen molar-refractivity contribution in [1.29, 1.82) is 0 Å². The molecule has 1 aromatic heterocycles. The molecule has 9 heteroatoms. The van der Waals surface area contributed by atoms with Crippen LogP contribution < -0.4 is 5.32 Å². The predicted molar refractivity (Wildman–Crippen MR) is 86.8 cm³/mol. The number of thiazole rings is 1. The molecule has 0 radical (unpaired) electrons. The van der Waals surface area contributed by atoms with Crippen LogP contribution in [0, 0.1) is 5.82 Å². The smallest absolute Gasteiger partial charge is 0.314 e. The van der Waals surface area contributed by atoms with Gasteiger partial charge in [0, 0.05) is 43.3 Å². The van der Waals surface area contributed by atoms with Crippen molar-refractivity contribution in [3.63, 3.8) is 0 Å². The Balaban J connectivity index is 0.00000208. The minimum absolute atomic E-state index is 0. The van der Waals surface area contributed by atoms with Crippen LogP contribution in [0.15, 0.2) is 30.5 Å². The maximum Gasteiger partial charge on any atom is 0.443 e. The van der Waals surface area contributed by atoms with E-state index in [4.69, 9.17) is 0 Å². The van der Waals surface area contributed by atoms with Gasteiger partial charge in [0.25, 0.3) is 0 Å². The molecule has 1 atom stereocenters. The highest BCUT2D eigenvalue weighted by atomic mass is 35.5. The van der Waals surface area contributed by atoms with Crippen molar-refractivity contribution in [1.82, 2.24) is 15.2 Å². The van der Waals surface area contributed by atoms with Gasteiger partial charge in [-0.3, -0.25) is 4.90 Å². The molecule has 1 fully saturated rings. The van der Waals surface area contributed by atoms with Gasteiger partial charge in [-0.15, -0.1) is 23.7 Å². The van der Waals surface area contributed by atoms with Crippen molar-refractivity contribution in [2.45, 2.75) is 18.8 Å². The first kappa shape index (κ1) is 19.1. The first-order valence-corrected chi connectivity index (χ1v) is 7.97. The van der Waals surface area contributed by atoms with Gasteiger partial charge in [-0.2, -0.15) is 13.2 Å². The fraction of sp³-hybridized carbons (Fsp3) is 0.400. The van der Waals surface area contributed by atoms with E-state index in [9.17, 15) is 17.6 Å². The van der Waals surface area contributed by atoms with E-state index in [-0.39, 0.29) is 24.3 Å². The van der Waals surface area contributed by atoms with Crippen LogP contribution in [0.1, 0.15) is 21.5 Å². The minimum atomic E-state index is -4.41. The molecule has 1 saturated heterocycles. The first-order chi connectivity index (χ1) is 10.9. The van der Waals surface area contributed by atoms with Crippen LogP contribution in [0.4, 0.5) is 17.6 Å². The van der Waals surface area contributed by atoms with Gasteiger partial charge in [0.15, 0.2) is 5.01 Å². The zero-order chi connectivity index (χ0) is 16.4. The Kier molecular flexibility index (Phi) is 6.19. The lowest BCUT2D eigenvalue weighted by molar-refractivity contribution is -0.137. The van der Waals surface area contributed by atoms with E-state index in [1.165, 1.54) is 18.3 Å². The molecule has 0 aliphatic carbocycles. The Hall–Kier alpha value is -1.22. The van der Waals surface area contributed by atoms with Crippen LogP contribution in [0.5, 0.6) is 0 Å². The van der Waals surface area contributed by atoms with Gasteiger partial charge in [-0.1, -0.05) is 12.1 Å². The summed E-state index contributed by atoms with van der Waals surface area (Å²) in [6.45, 7) is 2.43. The second-order valence-corrected chi connectivity index (χ2v) is 6.49. The third kappa shape index (κ3) is 4.44. The summed E-state index contributed by atoms with van der Waals surface area (Å²) in [5, 5.41) is 2.41. The van der Waals surface area contributed by atoms with Gasteiger partial charge in [0.05, 0.1) is 0 Å². The third-order valence-electron chi connectivity index (χ3n) is 3.74. The van der Waals surface area contributed by atoms with E-state index in [0.29, 0.717) is 35.8 Å². The number of nitrogens with one attached hydrogen (secondary N) is 1. The van der Waals surface area contributed by atoms with Gasteiger partial charge in [-0.05, 0) is 17.7 Å². The number of hydrogen-bond donors (Lipinski definition) is 1. The average molecular weight is 382 g/mol. The van der Waals surface area contributed by atoms with Crippen molar-refractivity contribution in [3.05, 3.63) is 51.7 Å². The van der Waals surface area contributed by atoms with Crippen LogP contribution in [0.3, 0.4) is 0 Å². The van der Waals surface area contributed by atoms with Crippen molar-refractivity contribution < 1.29 is 17.6 Å². The molecule has 1 unspecified atom stereocenters. The molecule has 2 heterocycles. The molecule has 3 nitrogen and oxygen atoms in total. The Morgan fingerprint density at radius 3 is 2.79 bits per heavy atom. The number of rotatable bonds is 3. The number of alkyl halides is 3. The molecule has 1 aromatic carbocycles. The molecule has 24 heavy (non-hydrogen) atoms. The number of halogens is 5. The summed E-state index contributed by atoms with van der Waals surface area (Å²) in [7, 11) is 0. The maximum atomic E-state index is 13.4. The molecule has 0 bridgehead atoms. The lowest BCUT2D eigenvalue weighted by Crippen LogP contribution is -2.45. The summed E-state index contributed by atoms with van der Waals surface area (Å²) in [6.07, 6.45) is -3.13. The number of benzene rings is 1. The number of piperazine rings is 1. The fourth-order valence-electron chi connectivity index (χ4n) is 2.69.